The van der Waals surface area contributed by atoms with Gasteiger partial charge in [-0.3, -0.25) is 14.2 Å². The van der Waals surface area contributed by atoms with Gasteiger partial charge < -0.3 is 14.5 Å². The molecule has 1 amide bonds. The molecule has 10 heteroatoms. The number of fused-ring (bicyclic) bond motifs is 1. The Kier molecular flexibility index (Phi) is 8.60. The summed E-state index contributed by atoms with van der Waals surface area (Å²) in [5.41, 5.74) is 1.58. The van der Waals surface area contributed by atoms with Crippen molar-refractivity contribution in [2.45, 2.75) is 40.2 Å². The van der Waals surface area contributed by atoms with Crippen molar-refractivity contribution in [1.29, 1.82) is 5.26 Å². The number of nitrogens with zero attached hydrogens (tertiary/aromatic N) is 4. The molecular formula is C33H33Cl2FN4O3. The molecule has 2 aromatic carbocycles. The molecular weight excluding hydrogens is 590 g/mol. The molecule has 1 saturated heterocycles. The van der Waals surface area contributed by atoms with Crippen molar-refractivity contribution in [2.24, 2.45) is 11.8 Å². The largest absolute Gasteiger partial charge is 0.496 e. The third kappa shape index (κ3) is 5.30. The zero-order valence-electron chi connectivity index (χ0n) is 24.7. The highest BCUT2D eigenvalue weighted by atomic mass is 35.5. The number of aromatic nitrogens is 1. The van der Waals surface area contributed by atoms with Gasteiger partial charge in [-0.1, -0.05) is 49.2 Å². The highest BCUT2D eigenvalue weighted by molar-refractivity contribution is 6.35. The van der Waals surface area contributed by atoms with Crippen LogP contribution in [-0.4, -0.2) is 48.2 Å². The van der Waals surface area contributed by atoms with Crippen LogP contribution in [-0.2, 0) is 4.79 Å². The highest BCUT2D eigenvalue weighted by Crippen LogP contribution is 2.44. The molecule has 43 heavy (non-hydrogen) atoms. The van der Waals surface area contributed by atoms with E-state index in [2.05, 4.69) is 26.0 Å². The van der Waals surface area contributed by atoms with E-state index >= 15 is 4.39 Å². The Bertz CT molecular complexity index is 1790. The first-order valence-electron chi connectivity index (χ1n) is 14.2. The fourth-order valence-electron chi connectivity index (χ4n) is 6.26. The van der Waals surface area contributed by atoms with Gasteiger partial charge in [-0.25, -0.2) is 4.39 Å². The van der Waals surface area contributed by atoms with Gasteiger partial charge in [0.2, 0.25) is 5.91 Å². The Labute approximate surface area is 260 Å². The number of hydrogen-bond acceptors (Lipinski definition) is 5. The van der Waals surface area contributed by atoms with Gasteiger partial charge in [-0.15, -0.1) is 0 Å². The number of ether oxygens (including phenoxy) is 1. The first kappa shape index (κ1) is 30.7. The molecule has 224 valence electrons. The van der Waals surface area contributed by atoms with E-state index < -0.39 is 11.4 Å². The lowest BCUT2D eigenvalue weighted by Crippen LogP contribution is -2.54. The van der Waals surface area contributed by atoms with Gasteiger partial charge >= 0.3 is 0 Å². The predicted molar refractivity (Wildman–Crippen MR) is 170 cm³/mol. The Morgan fingerprint density at radius 2 is 1.93 bits per heavy atom. The number of amides is 1. The molecule has 7 nitrogen and oxygen atoms in total. The lowest BCUT2D eigenvalue weighted by atomic mass is 9.86. The number of rotatable bonds is 5. The van der Waals surface area contributed by atoms with Gasteiger partial charge in [-0.2, -0.15) is 5.26 Å². The minimum absolute atomic E-state index is 0.00195. The second-order valence-electron chi connectivity index (χ2n) is 11.4. The maximum Gasteiger partial charge on any atom is 0.275 e. The molecule has 0 spiro atoms. The van der Waals surface area contributed by atoms with E-state index in [4.69, 9.17) is 27.9 Å². The molecule has 5 rings (SSSR count). The standard InChI is InChI=1S/C33H33Cl2FN4O3/c1-18(2)21-8-6-7-9-27(21)40-28-15-22(30-29(43-5)11-10-25(34)31(30)36)26(35)14-23(28)32(24(16-37)33(40)42)39-13-12-38(20(4)41)17-19(39)3/h6-7,9-11,14-15,18-19,21H,8,12-13,17H2,1-5H3/t19-,21?/m0/s1. The number of hydrogen-bond donors (Lipinski definition) is 0. The van der Waals surface area contributed by atoms with Crippen LogP contribution in [0.5, 0.6) is 5.75 Å². The van der Waals surface area contributed by atoms with Crippen LogP contribution in [0, 0.1) is 29.0 Å². The summed E-state index contributed by atoms with van der Waals surface area (Å²) in [5, 5.41) is 11.1. The van der Waals surface area contributed by atoms with E-state index in [1.165, 1.54) is 20.1 Å². The number of anilines is 1. The molecule has 3 aromatic rings. The SMILES string of the molecule is COc1ccc(Cl)c(F)c1-c1cc2c(cc1Cl)c(N1CCN(C(C)=O)C[C@@H]1C)c(C#N)c(=O)n2C1=CC=CCC1C(C)C. The minimum atomic E-state index is -0.695. The summed E-state index contributed by atoms with van der Waals surface area (Å²) in [4.78, 5) is 30.3. The number of piperazine rings is 1. The summed E-state index contributed by atoms with van der Waals surface area (Å²) < 4.78 is 22.7. The summed E-state index contributed by atoms with van der Waals surface area (Å²) in [5.74, 6) is -0.300. The molecule has 0 bridgehead atoms. The molecule has 1 fully saturated rings. The molecule has 0 saturated carbocycles. The van der Waals surface area contributed by atoms with Gasteiger partial charge in [0.05, 0.1) is 28.9 Å². The molecule has 2 atom stereocenters. The van der Waals surface area contributed by atoms with E-state index in [0.717, 1.165) is 12.1 Å². The van der Waals surface area contributed by atoms with Crippen molar-refractivity contribution < 1.29 is 13.9 Å². The molecule has 1 aliphatic heterocycles. The average molecular weight is 624 g/mol. The van der Waals surface area contributed by atoms with Crippen LogP contribution in [0.3, 0.4) is 0 Å². The average Bonchev–Trinajstić information content (AvgIpc) is 2.98. The van der Waals surface area contributed by atoms with Crippen molar-refractivity contribution in [3.63, 3.8) is 0 Å². The molecule has 1 unspecified atom stereocenters. The van der Waals surface area contributed by atoms with E-state index in [-0.39, 0.29) is 50.7 Å². The summed E-state index contributed by atoms with van der Waals surface area (Å²) >= 11 is 13.1. The first-order valence-corrected chi connectivity index (χ1v) is 15.0. The lowest BCUT2D eigenvalue weighted by molar-refractivity contribution is -0.129. The fourth-order valence-corrected chi connectivity index (χ4v) is 6.68. The molecule has 0 N–H and O–H groups in total. The van der Waals surface area contributed by atoms with Gasteiger partial charge in [0.1, 0.15) is 17.4 Å². The third-order valence-corrected chi connectivity index (χ3v) is 9.09. The van der Waals surface area contributed by atoms with Crippen LogP contribution < -0.4 is 15.2 Å². The molecule has 2 aliphatic rings. The number of carbonyl (C=O) groups is 1. The number of benzene rings is 2. The normalized spacial score (nSPS) is 18.7. The van der Waals surface area contributed by atoms with Gasteiger partial charge in [-0.05, 0) is 49.6 Å². The van der Waals surface area contributed by atoms with E-state index in [9.17, 15) is 14.9 Å². The zero-order chi connectivity index (χ0) is 31.2. The number of carbonyl (C=O) groups excluding carboxylic acids is 1. The Morgan fingerprint density at radius 3 is 2.56 bits per heavy atom. The van der Waals surface area contributed by atoms with Crippen molar-refractivity contribution >= 4 is 51.4 Å². The van der Waals surface area contributed by atoms with Crippen LogP contribution >= 0.6 is 23.2 Å². The Morgan fingerprint density at radius 1 is 1.19 bits per heavy atom. The number of methoxy groups -OCH3 is 1. The van der Waals surface area contributed by atoms with Crippen molar-refractivity contribution in [3.8, 4) is 22.9 Å². The number of nitriles is 1. The number of halogens is 3. The van der Waals surface area contributed by atoms with Gasteiger partial charge in [0.25, 0.3) is 5.56 Å². The lowest BCUT2D eigenvalue weighted by Gasteiger charge is -2.42. The van der Waals surface area contributed by atoms with Crippen LogP contribution in [0.25, 0.3) is 27.7 Å². The highest BCUT2D eigenvalue weighted by Gasteiger charge is 2.33. The quantitative estimate of drug-likeness (QED) is 0.302. The zero-order valence-corrected chi connectivity index (χ0v) is 26.3. The van der Waals surface area contributed by atoms with E-state index in [1.807, 2.05) is 24.0 Å². The van der Waals surface area contributed by atoms with E-state index in [0.29, 0.717) is 41.8 Å². The molecule has 2 heterocycles. The van der Waals surface area contributed by atoms with Crippen molar-refractivity contribution in [1.82, 2.24) is 9.47 Å². The smallest absolute Gasteiger partial charge is 0.275 e. The fraction of sp³-hybridized carbons (Fsp3) is 0.364. The van der Waals surface area contributed by atoms with Crippen LogP contribution in [0.15, 0.2) is 47.3 Å². The summed E-state index contributed by atoms with van der Waals surface area (Å²) in [7, 11) is 1.43. The monoisotopic (exact) mass is 622 g/mol. The molecule has 1 aromatic heterocycles. The van der Waals surface area contributed by atoms with Gasteiger partial charge in [0.15, 0.2) is 5.82 Å². The summed E-state index contributed by atoms with van der Waals surface area (Å²) in [6, 6.07) is 8.36. The maximum absolute atomic E-state index is 15.6. The van der Waals surface area contributed by atoms with E-state index in [1.54, 1.807) is 27.7 Å². The third-order valence-electron chi connectivity index (χ3n) is 8.49. The van der Waals surface area contributed by atoms with Crippen molar-refractivity contribution in [3.05, 3.63) is 74.3 Å². The molecule has 0 radical (unpaired) electrons. The predicted octanol–water partition coefficient (Wildman–Crippen LogP) is 7.12. The summed E-state index contributed by atoms with van der Waals surface area (Å²) in [6.07, 6.45) is 6.60. The second-order valence-corrected chi connectivity index (χ2v) is 12.2. The Hall–Kier alpha value is -3.80. The van der Waals surface area contributed by atoms with Gasteiger partial charge in [0, 0.05) is 60.2 Å². The number of allylic oxidation sites excluding steroid dienone is 4. The van der Waals surface area contributed by atoms with Crippen LogP contribution in [0.2, 0.25) is 10.0 Å². The second kappa shape index (κ2) is 12.1. The summed E-state index contributed by atoms with van der Waals surface area (Å²) in [6.45, 7) is 8.97. The Balaban J connectivity index is 1.90. The maximum atomic E-state index is 15.6. The van der Waals surface area contributed by atoms with Crippen LogP contribution in [0.1, 0.15) is 39.7 Å². The first-order chi connectivity index (χ1) is 20.5. The number of pyridine rings is 1. The van der Waals surface area contributed by atoms with Crippen molar-refractivity contribution in [2.75, 3.05) is 31.6 Å². The minimum Gasteiger partial charge on any atom is -0.496 e. The molecule has 1 aliphatic carbocycles. The van der Waals surface area contributed by atoms with Crippen LogP contribution in [0.4, 0.5) is 10.1 Å². The topological polar surface area (TPSA) is 78.6 Å².